The van der Waals surface area contributed by atoms with Crippen LogP contribution < -0.4 is 0 Å². The minimum Gasteiger partial charge on any atom is -0.480 e. The van der Waals surface area contributed by atoms with E-state index < -0.39 is 11.6 Å². The summed E-state index contributed by atoms with van der Waals surface area (Å²) in [5.41, 5.74) is 1.16. The Labute approximate surface area is 111 Å². The smallest absolute Gasteiger partial charge is 0.329 e. The van der Waals surface area contributed by atoms with E-state index in [9.17, 15) is 9.18 Å². The van der Waals surface area contributed by atoms with Gasteiger partial charge in [0.2, 0.25) is 0 Å². The topological polar surface area (TPSA) is 49.8 Å². The van der Waals surface area contributed by atoms with Crippen LogP contribution in [-0.4, -0.2) is 41.3 Å². The molecule has 2 rings (SSSR count). The molecule has 1 N–H and O–H groups in total. The molecule has 0 amide bonds. The van der Waals surface area contributed by atoms with E-state index in [2.05, 4.69) is 4.90 Å². The van der Waals surface area contributed by atoms with Gasteiger partial charge in [-0.3, -0.25) is 4.90 Å². The van der Waals surface area contributed by atoms with Crippen molar-refractivity contribution in [3.63, 3.8) is 0 Å². The number of carboxylic acid groups (broad SMARTS) is 1. The molecule has 1 heterocycles. The maximum Gasteiger partial charge on any atom is 0.329 e. The second-order valence-electron chi connectivity index (χ2n) is 5.36. The number of rotatable bonds is 5. The normalized spacial score (nSPS) is 18.1. The highest BCUT2D eigenvalue weighted by Crippen LogP contribution is 2.26. The third kappa shape index (κ3) is 3.52. The Morgan fingerprint density at radius 2 is 2.21 bits per heavy atom. The summed E-state index contributed by atoms with van der Waals surface area (Å²) in [6.45, 7) is 5.33. The van der Waals surface area contributed by atoms with E-state index in [1.165, 1.54) is 0 Å². The number of hydrogen-bond donors (Lipinski definition) is 1. The largest absolute Gasteiger partial charge is 0.480 e. The average molecular weight is 267 g/mol. The van der Waals surface area contributed by atoms with E-state index >= 15 is 0 Å². The second kappa shape index (κ2) is 5.27. The quantitative estimate of drug-likeness (QED) is 0.884. The Bertz CT molecular complexity index is 484. The summed E-state index contributed by atoms with van der Waals surface area (Å²) in [5.74, 6) is -1.15. The van der Waals surface area contributed by atoms with E-state index in [0.717, 1.165) is 5.56 Å². The maximum absolute atomic E-state index is 13.4. The lowest BCUT2D eigenvalue weighted by atomic mass is 9.95. The lowest BCUT2D eigenvalue weighted by molar-refractivity contribution is -0.165. The molecule has 0 saturated carbocycles. The summed E-state index contributed by atoms with van der Waals surface area (Å²) in [5, 5.41) is 8.57. The molecule has 1 aromatic rings. The molecule has 0 unspecified atom stereocenters. The van der Waals surface area contributed by atoms with Crippen molar-refractivity contribution in [1.29, 1.82) is 0 Å². The number of carbonyl (C=O) groups is 1. The lowest BCUT2D eigenvalue weighted by Gasteiger charge is -2.47. The summed E-state index contributed by atoms with van der Waals surface area (Å²) in [6.07, 6.45) is 0. The van der Waals surface area contributed by atoms with E-state index in [1.807, 2.05) is 13.0 Å². The van der Waals surface area contributed by atoms with E-state index in [1.54, 1.807) is 19.1 Å². The molecule has 4 nitrogen and oxygen atoms in total. The number of halogens is 1. The minimum atomic E-state index is -0.958. The predicted octanol–water partition coefficient (Wildman–Crippen LogP) is 1.81. The molecular weight excluding hydrogens is 249 g/mol. The molecule has 1 saturated heterocycles. The first-order valence-electron chi connectivity index (χ1n) is 6.21. The predicted molar refractivity (Wildman–Crippen MR) is 68.4 cm³/mol. The van der Waals surface area contributed by atoms with Crippen molar-refractivity contribution in [2.75, 3.05) is 19.7 Å². The second-order valence-corrected chi connectivity index (χ2v) is 5.36. The zero-order valence-corrected chi connectivity index (χ0v) is 11.1. The Morgan fingerprint density at radius 1 is 1.53 bits per heavy atom. The first kappa shape index (κ1) is 14.0. The van der Waals surface area contributed by atoms with Crippen molar-refractivity contribution in [3.05, 3.63) is 35.1 Å². The van der Waals surface area contributed by atoms with Crippen LogP contribution in [-0.2, 0) is 16.1 Å². The highest BCUT2D eigenvalue weighted by molar-refractivity contribution is 5.68. The molecule has 0 atom stereocenters. The zero-order valence-electron chi connectivity index (χ0n) is 11.1. The number of ether oxygens (including phenoxy) is 1. The number of carboxylic acids is 1. The van der Waals surface area contributed by atoms with Gasteiger partial charge in [-0.25, -0.2) is 9.18 Å². The van der Waals surface area contributed by atoms with Crippen molar-refractivity contribution >= 4 is 5.97 Å². The highest BCUT2D eigenvalue weighted by atomic mass is 19.1. The molecule has 1 aliphatic heterocycles. The maximum atomic E-state index is 13.4. The average Bonchev–Trinajstić information content (AvgIpc) is 2.29. The number of aliphatic carboxylic acids is 1. The molecule has 1 aliphatic rings. The Balaban J connectivity index is 1.84. The van der Waals surface area contributed by atoms with Gasteiger partial charge in [0.05, 0.1) is 5.60 Å². The van der Waals surface area contributed by atoms with Crippen LogP contribution in [0.15, 0.2) is 18.2 Å². The minimum absolute atomic E-state index is 0.192. The van der Waals surface area contributed by atoms with Crippen LogP contribution in [0.25, 0.3) is 0 Å². The Morgan fingerprint density at radius 3 is 2.79 bits per heavy atom. The van der Waals surface area contributed by atoms with Gasteiger partial charge < -0.3 is 9.84 Å². The lowest BCUT2D eigenvalue weighted by Crippen LogP contribution is -2.61. The molecule has 1 fully saturated rings. The van der Waals surface area contributed by atoms with Gasteiger partial charge in [0.1, 0.15) is 12.4 Å². The SMILES string of the molecule is Cc1ccc(CN2CC(C)(OCC(=O)O)C2)cc1F. The van der Waals surface area contributed by atoms with Gasteiger partial charge in [0, 0.05) is 19.6 Å². The standard InChI is InChI=1S/C14H18FNO3/c1-10-3-4-11(5-12(10)15)6-16-8-14(2,9-16)19-7-13(17)18/h3-5H,6-9H2,1-2H3,(H,17,18). The number of hydrogen-bond acceptors (Lipinski definition) is 3. The molecule has 0 aromatic heterocycles. The molecule has 104 valence electrons. The van der Waals surface area contributed by atoms with Gasteiger partial charge in [0.15, 0.2) is 0 Å². The van der Waals surface area contributed by atoms with Crippen LogP contribution in [0.5, 0.6) is 0 Å². The number of aryl methyl sites for hydroxylation is 1. The third-order valence-electron chi connectivity index (χ3n) is 3.30. The molecule has 0 spiro atoms. The Kier molecular flexibility index (Phi) is 3.87. The van der Waals surface area contributed by atoms with Gasteiger partial charge in [-0.15, -0.1) is 0 Å². The summed E-state index contributed by atoms with van der Waals surface area (Å²) >= 11 is 0. The van der Waals surface area contributed by atoms with Gasteiger partial charge in [0.25, 0.3) is 0 Å². The first-order chi connectivity index (χ1) is 8.88. The number of nitrogens with zero attached hydrogens (tertiary/aromatic N) is 1. The summed E-state index contributed by atoms with van der Waals surface area (Å²) in [6, 6.07) is 5.22. The van der Waals surface area contributed by atoms with Crippen molar-refractivity contribution in [2.24, 2.45) is 0 Å². The third-order valence-corrected chi connectivity index (χ3v) is 3.30. The highest BCUT2D eigenvalue weighted by Gasteiger charge is 2.39. The summed E-state index contributed by atoms with van der Waals surface area (Å²) in [4.78, 5) is 12.6. The number of likely N-dealkylation sites (tertiary alicyclic amines) is 1. The molecule has 0 aliphatic carbocycles. The van der Waals surface area contributed by atoms with Crippen LogP contribution in [0.3, 0.4) is 0 Å². The Hall–Kier alpha value is -1.46. The van der Waals surface area contributed by atoms with Crippen molar-refractivity contribution < 1.29 is 19.0 Å². The van der Waals surface area contributed by atoms with Crippen LogP contribution in [0, 0.1) is 12.7 Å². The fourth-order valence-corrected chi connectivity index (χ4v) is 2.33. The van der Waals surface area contributed by atoms with Gasteiger partial charge in [-0.2, -0.15) is 0 Å². The van der Waals surface area contributed by atoms with Gasteiger partial charge >= 0.3 is 5.97 Å². The molecule has 0 bridgehead atoms. The first-order valence-corrected chi connectivity index (χ1v) is 6.21. The van der Waals surface area contributed by atoms with E-state index in [-0.39, 0.29) is 12.4 Å². The van der Waals surface area contributed by atoms with Crippen LogP contribution in [0.1, 0.15) is 18.1 Å². The van der Waals surface area contributed by atoms with Crippen molar-refractivity contribution in [1.82, 2.24) is 4.90 Å². The van der Waals surface area contributed by atoms with Crippen LogP contribution in [0.2, 0.25) is 0 Å². The van der Waals surface area contributed by atoms with E-state index in [4.69, 9.17) is 9.84 Å². The van der Waals surface area contributed by atoms with Crippen LogP contribution >= 0.6 is 0 Å². The van der Waals surface area contributed by atoms with Gasteiger partial charge in [-0.05, 0) is 31.0 Å². The molecule has 5 heteroatoms. The van der Waals surface area contributed by atoms with Gasteiger partial charge in [-0.1, -0.05) is 12.1 Å². The monoisotopic (exact) mass is 267 g/mol. The molecule has 0 radical (unpaired) electrons. The van der Waals surface area contributed by atoms with E-state index in [0.29, 0.717) is 25.2 Å². The molecule has 1 aromatic carbocycles. The van der Waals surface area contributed by atoms with Crippen LogP contribution in [0.4, 0.5) is 4.39 Å². The fourth-order valence-electron chi connectivity index (χ4n) is 2.33. The fraction of sp³-hybridized carbons (Fsp3) is 0.500. The zero-order chi connectivity index (χ0) is 14.0. The van der Waals surface area contributed by atoms with Crippen molar-refractivity contribution in [2.45, 2.75) is 26.0 Å². The number of benzene rings is 1. The molecular formula is C14H18FNO3. The summed E-state index contributed by atoms with van der Waals surface area (Å²) in [7, 11) is 0. The summed E-state index contributed by atoms with van der Waals surface area (Å²) < 4.78 is 18.7. The van der Waals surface area contributed by atoms with Crippen molar-refractivity contribution in [3.8, 4) is 0 Å². The molecule has 19 heavy (non-hydrogen) atoms.